The summed E-state index contributed by atoms with van der Waals surface area (Å²) >= 11 is 0. The number of ether oxygens (including phenoxy) is 1. The Balaban J connectivity index is 2.05. The van der Waals surface area contributed by atoms with Gasteiger partial charge >= 0.3 is 0 Å². The van der Waals surface area contributed by atoms with Gasteiger partial charge in [-0.2, -0.15) is 0 Å². The SMILES string of the molecule is CCOc1cccn2c(C(=O)Nc3ccccc3)c(CC)nc12. The van der Waals surface area contributed by atoms with Gasteiger partial charge in [0.15, 0.2) is 11.4 Å². The van der Waals surface area contributed by atoms with Crippen molar-refractivity contribution in [1.82, 2.24) is 9.38 Å². The largest absolute Gasteiger partial charge is 0.490 e. The van der Waals surface area contributed by atoms with Crippen LogP contribution in [0, 0.1) is 0 Å². The van der Waals surface area contributed by atoms with Crippen LogP contribution in [0.25, 0.3) is 5.65 Å². The van der Waals surface area contributed by atoms with E-state index < -0.39 is 0 Å². The fourth-order valence-electron chi connectivity index (χ4n) is 2.56. The van der Waals surface area contributed by atoms with E-state index in [1.807, 2.05) is 62.5 Å². The Kier molecular flexibility index (Phi) is 4.28. The molecule has 1 amide bonds. The number of para-hydroxylation sites is 1. The van der Waals surface area contributed by atoms with Crippen molar-refractivity contribution >= 4 is 17.2 Å². The first-order valence-electron chi connectivity index (χ1n) is 7.73. The van der Waals surface area contributed by atoms with Crippen LogP contribution >= 0.6 is 0 Å². The molecule has 0 aliphatic rings. The summed E-state index contributed by atoms with van der Waals surface area (Å²) in [5, 5.41) is 2.92. The molecule has 0 fully saturated rings. The number of imidazole rings is 1. The fraction of sp³-hybridized carbons (Fsp3) is 0.222. The predicted molar refractivity (Wildman–Crippen MR) is 90.1 cm³/mol. The number of nitrogens with zero attached hydrogens (tertiary/aromatic N) is 2. The molecular weight excluding hydrogens is 290 g/mol. The third-order valence-electron chi connectivity index (χ3n) is 3.57. The van der Waals surface area contributed by atoms with E-state index in [0.29, 0.717) is 30.1 Å². The standard InChI is InChI=1S/C18H19N3O2/c1-3-14-16(18(22)19-13-9-6-5-7-10-13)21-12-8-11-15(23-4-2)17(21)20-14/h5-12H,3-4H2,1-2H3,(H,19,22). The van der Waals surface area contributed by atoms with Crippen LogP contribution in [0.2, 0.25) is 0 Å². The molecule has 0 saturated heterocycles. The molecule has 23 heavy (non-hydrogen) atoms. The van der Waals surface area contributed by atoms with Crippen molar-refractivity contribution in [2.75, 3.05) is 11.9 Å². The molecule has 0 radical (unpaired) electrons. The van der Waals surface area contributed by atoms with Crippen molar-refractivity contribution in [2.45, 2.75) is 20.3 Å². The summed E-state index contributed by atoms with van der Waals surface area (Å²) in [4.78, 5) is 17.3. The first-order valence-corrected chi connectivity index (χ1v) is 7.73. The topological polar surface area (TPSA) is 55.6 Å². The Morgan fingerprint density at radius 3 is 2.65 bits per heavy atom. The number of aromatic nitrogens is 2. The number of fused-ring (bicyclic) bond motifs is 1. The summed E-state index contributed by atoms with van der Waals surface area (Å²) in [5.41, 5.74) is 2.73. The molecule has 0 aliphatic heterocycles. The maximum absolute atomic E-state index is 12.7. The van der Waals surface area contributed by atoms with Gasteiger partial charge in [0.1, 0.15) is 5.69 Å². The number of anilines is 1. The van der Waals surface area contributed by atoms with Crippen LogP contribution in [-0.4, -0.2) is 21.9 Å². The molecule has 0 aliphatic carbocycles. The number of pyridine rings is 1. The number of hydrogen-bond acceptors (Lipinski definition) is 3. The Bertz CT molecular complexity index is 825. The monoisotopic (exact) mass is 309 g/mol. The predicted octanol–water partition coefficient (Wildman–Crippen LogP) is 3.55. The smallest absolute Gasteiger partial charge is 0.274 e. The Morgan fingerprint density at radius 2 is 1.96 bits per heavy atom. The molecule has 0 bridgehead atoms. The minimum Gasteiger partial charge on any atom is -0.490 e. The van der Waals surface area contributed by atoms with Gasteiger partial charge in [0.25, 0.3) is 5.91 Å². The van der Waals surface area contributed by atoms with Gasteiger partial charge in [0.05, 0.1) is 12.3 Å². The van der Waals surface area contributed by atoms with Crippen LogP contribution in [0.1, 0.15) is 30.0 Å². The van der Waals surface area contributed by atoms with Crippen LogP contribution in [0.3, 0.4) is 0 Å². The van der Waals surface area contributed by atoms with E-state index >= 15 is 0 Å². The zero-order valence-electron chi connectivity index (χ0n) is 13.2. The van der Waals surface area contributed by atoms with Crippen LogP contribution < -0.4 is 10.1 Å². The third kappa shape index (κ3) is 2.90. The first-order chi connectivity index (χ1) is 11.2. The van der Waals surface area contributed by atoms with Gasteiger partial charge in [-0.1, -0.05) is 25.1 Å². The molecule has 0 unspecified atom stereocenters. The maximum atomic E-state index is 12.7. The molecule has 5 nitrogen and oxygen atoms in total. The molecule has 0 atom stereocenters. The maximum Gasteiger partial charge on any atom is 0.274 e. The van der Waals surface area contributed by atoms with E-state index in [2.05, 4.69) is 10.3 Å². The van der Waals surface area contributed by atoms with Crippen molar-refractivity contribution in [3.8, 4) is 5.75 Å². The molecule has 5 heteroatoms. The number of amides is 1. The average Bonchev–Trinajstić information content (AvgIpc) is 2.96. The van der Waals surface area contributed by atoms with Crippen LogP contribution in [0.5, 0.6) is 5.75 Å². The molecule has 0 spiro atoms. The van der Waals surface area contributed by atoms with E-state index in [1.165, 1.54) is 0 Å². The molecule has 1 aromatic carbocycles. The van der Waals surface area contributed by atoms with Gasteiger partial charge in [0.2, 0.25) is 0 Å². The highest BCUT2D eigenvalue weighted by Gasteiger charge is 2.20. The third-order valence-corrected chi connectivity index (χ3v) is 3.57. The highest BCUT2D eigenvalue weighted by Crippen LogP contribution is 2.23. The van der Waals surface area contributed by atoms with E-state index in [9.17, 15) is 4.79 Å². The first kappa shape index (κ1) is 15.1. The number of rotatable bonds is 5. The minimum atomic E-state index is -0.172. The highest BCUT2D eigenvalue weighted by atomic mass is 16.5. The second-order valence-electron chi connectivity index (χ2n) is 5.08. The van der Waals surface area contributed by atoms with Gasteiger partial charge in [0, 0.05) is 11.9 Å². The van der Waals surface area contributed by atoms with Crippen LogP contribution in [0.15, 0.2) is 48.7 Å². The lowest BCUT2D eigenvalue weighted by atomic mass is 10.2. The lowest BCUT2D eigenvalue weighted by Crippen LogP contribution is -2.16. The Labute approximate surface area is 134 Å². The number of carbonyl (C=O) groups excluding carboxylic acids is 1. The molecule has 118 valence electrons. The lowest BCUT2D eigenvalue weighted by Gasteiger charge is -2.07. The highest BCUT2D eigenvalue weighted by molar-refractivity contribution is 6.04. The quantitative estimate of drug-likeness (QED) is 0.784. The number of carbonyl (C=O) groups is 1. The van der Waals surface area contributed by atoms with Gasteiger partial charge in [-0.05, 0) is 37.6 Å². The number of aryl methyl sites for hydroxylation is 1. The van der Waals surface area contributed by atoms with Crippen molar-refractivity contribution in [2.24, 2.45) is 0 Å². The summed E-state index contributed by atoms with van der Waals surface area (Å²) in [6, 6.07) is 13.1. The van der Waals surface area contributed by atoms with Crippen molar-refractivity contribution < 1.29 is 9.53 Å². The minimum absolute atomic E-state index is 0.172. The van der Waals surface area contributed by atoms with E-state index in [0.717, 1.165) is 11.4 Å². The summed E-state index contributed by atoms with van der Waals surface area (Å²) in [5.74, 6) is 0.512. The molecule has 3 rings (SSSR count). The van der Waals surface area contributed by atoms with E-state index in [4.69, 9.17) is 4.74 Å². The molecule has 1 N–H and O–H groups in total. The Morgan fingerprint density at radius 1 is 1.17 bits per heavy atom. The lowest BCUT2D eigenvalue weighted by molar-refractivity contribution is 0.102. The number of nitrogens with one attached hydrogen (secondary N) is 1. The van der Waals surface area contributed by atoms with Crippen molar-refractivity contribution in [1.29, 1.82) is 0 Å². The molecule has 2 heterocycles. The zero-order chi connectivity index (χ0) is 16.2. The number of hydrogen-bond donors (Lipinski definition) is 1. The summed E-state index contributed by atoms with van der Waals surface area (Å²) in [7, 11) is 0. The van der Waals surface area contributed by atoms with E-state index in [-0.39, 0.29) is 5.91 Å². The van der Waals surface area contributed by atoms with Gasteiger partial charge in [-0.3, -0.25) is 9.20 Å². The molecule has 3 aromatic rings. The molecule has 2 aromatic heterocycles. The van der Waals surface area contributed by atoms with Gasteiger partial charge in [-0.15, -0.1) is 0 Å². The van der Waals surface area contributed by atoms with Crippen molar-refractivity contribution in [3.05, 3.63) is 60.0 Å². The van der Waals surface area contributed by atoms with Crippen LogP contribution in [0.4, 0.5) is 5.69 Å². The molecular formula is C18H19N3O2. The summed E-state index contributed by atoms with van der Waals surface area (Å²) < 4.78 is 7.41. The van der Waals surface area contributed by atoms with Gasteiger partial charge < -0.3 is 10.1 Å². The summed E-state index contributed by atoms with van der Waals surface area (Å²) in [6.45, 7) is 4.47. The second-order valence-corrected chi connectivity index (χ2v) is 5.08. The Hall–Kier alpha value is -2.82. The van der Waals surface area contributed by atoms with E-state index in [1.54, 1.807) is 4.40 Å². The van der Waals surface area contributed by atoms with Gasteiger partial charge in [-0.25, -0.2) is 4.98 Å². The average molecular weight is 309 g/mol. The second kappa shape index (κ2) is 6.52. The van der Waals surface area contributed by atoms with Crippen LogP contribution in [-0.2, 0) is 6.42 Å². The molecule has 0 saturated carbocycles. The normalized spacial score (nSPS) is 10.7. The zero-order valence-corrected chi connectivity index (χ0v) is 13.2. The fourth-order valence-corrected chi connectivity index (χ4v) is 2.56. The number of benzene rings is 1. The summed E-state index contributed by atoms with van der Waals surface area (Å²) in [6.07, 6.45) is 2.51. The van der Waals surface area contributed by atoms with Crippen molar-refractivity contribution in [3.63, 3.8) is 0 Å².